The zero-order valence-corrected chi connectivity index (χ0v) is 18.6. The number of nitrogens with two attached hydrogens (primary N) is 1. The van der Waals surface area contributed by atoms with Crippen LogP contribution in [0, 0.1) is 12.7 Å². The van der Waals surface area contributed by atoms with Gasteiger partial charge in [0.2, 0.25) is 0 Å². The first-order chi connectivity index (χ1) is 15.0. The van der Waals surface area contributed by atoms with Crippen molar-refractivity contribution < 1.29 is 4.39 Å². The van der Waals surface area contributed by atoms with Crippen LogP contribution in [0.25, 0.3) is 28.0 Å². The largest absolute Gasteiger partial charge is 0.329 e. The Morgan fingerprint density at radius 1 is 1.25 bits per heavy atom. The second kappa shape index (κ2) is 8.46. The molecule has 5 rings (SSSR count). The summed E-state index contributed by atoms with van der Waals surface area (Å²) in [4.78, 5) is 14.9. The number of aryl methyl sites for hydroxylation is 1. The maximum Gasteiger partial charge on any atom is 0.273 e. The van der Waals surface area contributed by atoms with E-state index in [1.54, 1.807) is 19.1 Å². The van der Waals surface area contributed by atoms with Crippen LogP contribution >= 0.6 is 12.4 Å². The number of likely N-dealkylation sites (N-methyl/N-ethyl adjacent to an activating group) is 1. The van der Waals surface area contributed by atoms with Gasteiger partial charge in [-0.3, -0.25) is 14.8 Å². The lowest BCUT2D eigenvalue weighted by molar-refractivity contribution is 0.236. The molecule has 9 heteroatoms. The van der Waals surface area contributed by atoms with Gasteiger partial charge in [-0.15, -0.1) is 12.4 Å². The van der Waals surface area contributed by atoms with Crippen molar-refractivity contribution in [3.8, 4) is 16.9 Å². The number of nitrogens with zero attached hydrogens (tertiary/aromatic N) is 4. The van der Waals surface area contributed by atoms with Gasteiger partial charge in [0, 0.05) is 30.8 Å². The Bertz CT molecular complexity index is 1340. The molecule has 2 aromatic heterocycles. The van der Waals surface area contributed by atoms with Crippen LogP contribution in [0.3, 0.4) is 0 Å². The minimum absolute atomic E-state index is 0. The molecule has 166 valence electrons. The number of para-hydroxylation sites is 1. The third-order valence-corrected chi connectivity index (χ3v) is 6.11. The van der Waals surface area contributed by atoms with E-state index in [1.165, 1.54) is 23.3 Å². The van der Waals surface area contributed by atoms with E-state index in [4.69, 9.17) is 5.73 Å². The van der Waals surface area contributed by atoms with E-state index < -0.39 is 11.4 Å². The number of hydrogen-bond donors (Lipinski definition) is 2. The highest BCUT2D eigenvalue weighted by Crippen LogP contribution is 2.33. The number of rotatable bonds is 3. The van der Waals surface area contributed by atoms with E-state index >= 15 is 0 Å². The number of benzene rings is 2. The van der Waals surface area contributed by atoms with Gasteiger partial charge in [0.1, 0.15) is 22.7 Å². The van der Waals surface area contributed by atoms with Gasteiger partial charge in [-0.25, -0.2) is 4.39 Å². The van der Waals surface area contributed by atoms with Crippen molar-refractivity contribution in [2.45, 2.75) is 19.4 Å². The second-order valence-electron chi connectivity index (χ2n) is 8.03. The molecule has 0 saturated carbocycles. The number of fused-ring (bicyclic) bond motifs is 2. The van der Waals surface area contributed by atoms with Gasteiger partial charge < -0.3 is 5.73 Å². The summed E-state index contributed by atoms with van der Waals surface area (Å²) in [6.07, 6.45) is 0.967. The molecule has 0 amide bonds. The Morgan fingerprint density at radius 2 is 2.06 bits per heavy atom. The van der Waals surface area contributed by atoms with E-state index in [2.05, 4.69) is 39.4 Å². The van der Waals surface area contributed by atoms with Gasteiger partial charge >= 0.3 is 0 Å². The Labute approximate surface area is 190 Å². The standard InChI is InChI=1S/C23H23FN6O.ClH/c1-13-4-3-5-17(24)23(13)30-20(31)11-18-22(28-30)21(27-26-18)15-7-6-14-8-9-29(2)19(12-25)16(14)10-15;/h3-7,10-11,19,26H,8-9,12,25H2,1-2H3;1H. The molecule has 3 N–H and O–H groups in total. The normalized spacial score (nSPS) is 16.1. The molecule has 0 radical (unpaired) electrons. The number of nitrogens with one attached hydrogen (secondary N) is 1. The molecule has 3 heterocycles. The van der Waals surface area contributed by atoms with Crippen LogP contribution < -0.4 is 11.3 Å². The summed E-state index contributed by atoms with van der Waals surface area (Å²) < 4.78 is 15.6. The van der Waals surface area contributed by atoms with E-state index in [-0.39, 0.29) is 24.1 Å². The summed E-state index contributed by atoms with van der Waals surface area (Å²) in [7, 11) is 2.08. The van der Waals surface area contributed by atoms with Crippen molar-refractivity contribution in [1.82, 2.24) is 24.9 Å². The summed E-state index contributed by atoms with van der Waals surface area (Å²) in [6, 6.07) is 12.4. The predicted octanol–water partition coefficient (Wildman–Crippen LogP) is 3.13. The first-order valence-electron chi connectivity index (χ1n) is 10.3. The molecular formula is C23H24ClFN6O. The van der Waals surface area contributed by atoms with Crippen molar-refractivity contribution >= 4 is 23.4 Å². The van der Waals surface area contributed by atoms with Gasteiger partial charge in [-0.2, -0.15) is 14.9 Å². The van der Waals surface area contributed by atoms with Gasteiger partial charge in [-0.05, 0) is 49.2 Å². The molecule has 4 aromatic rings. The average molecular weight is 455 g/mol. The van der Waals surface area contributed by atoms with Gasteiger partial charge in [-0.1, -0.05) is 24.3 Å². The second-order valence-corrected chi connectivity index (χ2v) is 8.03. The fourth-order valence-corrected chi connectivity index (χ4v) is 4.42. The molecule has 0 spiro atoms. The average Bonchev–Trinajstić information content (AvgIpc) is 3.16. The van der Waals surface area contributed by atoms with Crippen LogP contribution in [-0.2, 0) is 6.42 Å². The zero-order valence-electron chi connectivity index (χ0n) is 17.8. The minimum atomic E-state index is -0.499. The van der Waals surface area contributed by atoms with Crippen molar-refractivity contribution in [2.24, 2.45) is 5.73 Å². The molecule has 1 unspecified atom stereocenters. The van der Waals surface area contributed by atoms with Gasteiger partial charge in [0.15, 0.2) is 0 Å². The number of aromatic nitrogens is 4. The molecule has 0 bridgehead atoms. The molecule has 0 saturated heterocycles. The molecule has 32 heavy (non-hydrogen) atoms. The molecular weight excluding hydrogens is 431 g/mol. The van der Waals surface area contributed by atoms with Crippen LogP contribution in [0.2, 0.25) is 0 Å². The maximum atomic E-state index is 14.5. The van der Waals surface area contributed by atoms with E-state index in [0.717, 1.165) is 23.2 Å². The lowest BCUT2D eigenvalue weighted by Crippen LogP contribution is -2.36. The lowest BCUT2D eigenvalue weighted by atomic mass is 9.90. The van der Waals surface area contributed by atoms with Crippen molar-refractivity contribution in [3.63, 3.8) is 0 Å². The van der Waals surface area contributed by atoms with Crippen molar-refractivity contribution in [3.05, 3.63) is 75.3 Å². The highest BCUT2D eigenvalue weighted by molar-refractivity contribution is 5.89. The van der Waals surface area contributed by atoms with E-state index in [1.807, 2.05) is 6.07 Å². The topological polar surface area (TPSA) is 92.8 Å². The SMILES string of the molecule is Cc1cccc(F)c1-n1nc2c(-c3ccc4c(c3)C(CN)N(C)CC4)n[nH]c2cc1=O.Cl. The highest BCUT2D eigenvalue weighted by Gasteiger charge is 2.25. The Kier molecular flexibility index (Phi) is 5.85. The van der Waals surface area contributed by atoms with E-state index in [0.29, 0.717) is 28.8 Å². The predicted molar refractivity (Wildman–Crippen MR) is 125 cm³/mol. The highest BCUT2D eigenvalue weighted by atomic mass is 35.5. The van der Waals surface area contributed by atoms with Crippen LogP contribution in [0.15, 0.2) is 47.3 Å². The third-order valence-electron chi connectivity index (χ3n) is 6.11. The van der Waals surface area contributed by atoms with Crippen LogP contribution in [-0.4, -0.2) is 45.0 Å². The van der Waals surface area contributed by atoms with Crippen molar-refractivity contribution in [1.29, 1.82) is 0 Å². The monoisotopic (exact) mass is 454 g/mol. The fraction of sp³-hybridized carbons (Fsp3) is 0.261. The first kappa shape index (κ1) is 22.1. The Balaban J connectivity index is 0.00000245. The van der Waals surface area contributed by atoms with Crippen LogP contribution in [0.4, 0.5) is 4.39 Å². The zero-order chi connectivity index (χ0) is 21.7. The summed E-state index contributed by atoms with van der Waals surface area (Å²) in [6.45, 7) is 3.24. The molecule has 1 aliphatic heterocycles. The number of aromatic amines is 1. The molecule has 1 aliphatic rings. The van der Waals surface area contributed by atoms with Crippen LogP contribution in [0.1, 0.15) is 22.7 Å². The molecule has 1 atom stereocenters. The Morgan fingerprint density at radius 3 is 2.81 bits per heavy atom. The molecule has 0 aliphatic carbocycles. The molecule has 2 aromatic carbocycles. The number of H-pyrrole nitrogens is 1. The number of halogens is 2. The summed E-state index contributed by atoms with van der Waals surface area (Å²) >= 11 is 0. The molecule has 0 fully saturated rings. The minimum Gasteiger partial charge on any atom is -0.329 e. The lowest BCUT2D eigenvalue weighted by Gasteiger charge is -2.34. The summed E-state index contributed by atoms with van der Waals surface area (Å²) in [5, 5.41) is 11.8. The summed E-state index contributed by atoms with van der Waals surface area (Å²) in [5.41, 5.74) is 11.4. The third kappa shape index (κ3) is 3.50. The fourth-order valence-electron chi connectivity index (χ4n) is 4.42. The van der Waals surface area contributed by atoms with E-state index in [9.17, 15) is 9.18 Å². The first-order valence-corrected chi connectivity index (χ1v) is 10.3. The number of hydrogen-bond acceptors (Lipinski definition) is 5. The van der Waals surface area contributed by atoms with Gasteiger partial charge in [0.05, 0.1) is 5.52 Å². The smallest absolute Gasteiger partial charge is 0.273 e. The Hall–Kier alpha value is -3.07. The van der Waals surface area contributed by atoms with Gasteiger partial charge in [0.25, 0.3) is 5.56 Å². The maximum absolute atomic E-state index is 14.5. The molecule has 7 nitrogen and oxygen atoms in total. The summed E-state index contributed by atoms with van der Waals surface area (Å²) in [5.74, 6) is -0.499. The quantitative estimate of drug-likeness (QED) is 0.496. The van der Waals surface area contributed by atoms with Crippen molar-refractivity contribution in [2.75, 3.05) is 20.1 Å². The van der Waals surface area contributed by atoms with Crippen LogP contribution in [0.5, 0.6) is 0 Å².